The third-order valence-corrected chi connectivity index (χ3v) is 6.02. The fourth-order valence-corrected chi connectivity index (χ4v) is 3.84. The minimum atomic E-state index is -4.73. The van der Waals surface area contributed by atoms with Crippen molar-refractivity contribution in [1.82, 2.24) is 25.6 Å². The molecule has 0 aliphatic heterocycles. The number of halogens is 4. The Hall–Kier alpha value is -4.48. The highest BCUT2D eigenvalue weighted by Gasteiger charge is 2.51. The van der Waals surface area contributed by atoms with Crippen LogP contribution in [0.4, 0.5) is 28.9 Å². The molecule has 3 aromatic heterocycles. The largest absolute Gasteiger partial charge is 0.418 e. The van der Waals surface area contributed by atoms with Crippen LogP contribution in [0.3, 0.4) is 0 Å². The van der Waals surface area contributed by atoms with Crippen molar-refractivity contribution in [3.05, 3.63) is 83.7 Å². The van der Waals surface area contributed by atoms with Crippen LogP contribution in [0.1, 0.15) is 34.5 Å². The van der Waals surface area contributed by atoms with Crippen LogP contribution in [0.15, 0.2) is 61.1 Å². The molecule has 0 bridgehead atoms. The van der Waals surface area contributed by atoms with Gasteiger partial charge in [-0.05, 0) is 55.3 Å². The summed E-state index contributed by atoms with van der Waals surface area (Å²) in [6.07, 6.45) is 0.707. The maximum Gasteiger partial charge on any atom is 0.418 e. The number of H-pyrrole nitrogens is 1. The van der Waals surface area contributed by atoms with Crippen molar-refractivity contribution >= 4 is 34.2 Å². The molecule has 1 aliphatic carbocycles. The number of amides is 2. The van der Waals surface area contributed by atoms with E-state index in [-0.39, 0.29) is 23.8 Å². The lowest BCUT2D eigenvalue weighted by Crippen LogP contribution is -2.48. The van der Waals surface area contributed by atoms with E-state index in [2.05, 4.69) is 30.9 Å². The Kier molecular flexibility index (Phi) is 6.02. The Labute approximate surface area is 207 Å². The van der Waals surface area contributed by atoms with E-state index in [1.165, 1.54) is 24.5 Å². The zero-order valence-electron chi connectivity index (χ0n) is 19.1. The van der Waals surface area contributed by atoms with Gasteiger partial charge in [0, 0.05) is 12.4 Å². The monoisotopic (exact) mass is 512 g/mol. The van der Waals surface area contributed by atoms with Gasteiger partial charge in [-0.2, -0.15) is 13.2 Å². The number of alkyl halides is 3. The standard InChI is InChI=1S/C25H20F4N6O2/c26-15-1-4-19(18(10-15)25(27,28)29)34-17-3-2-16(31-13-17)12-33-23(37)24(6-7-24)35-22(36)14-9-21-20(32-11-14)5-8-30-21/h1-5,8-11,13,30,34H,6-7,12H2,(H,33,37)(H,35,36). The third kappa shape index (κ3) is 5.22. The second-order valence-corrected chi connectivity index (χ2v) is 8.70. The molecule has 0 unspecified atom stereocenters. The van der Waals surface area contributed by atoms with Gasteiger partial charge in [0.25, 0.3) is 5.91 Å². The first kappa shape index (κ1) is 24.2. The maximum absolute atomic E-state index is 13.3. The Morgan fingerprint density at radius 2 is 1.84 bits per heavy atom. The number of carbonyl (C=O) groups is 2. The number of hydrogen-bond acceptors (Lipinski definition) is 5. The lowest BCUT2D eigenvalue weighted by Gasteiger charge is -2.17. The first-order valence-corrected chi connectivity index (χ1v) is 11.3. The normalized spacial score (nSPS) is 14.3. The number of aromatic amines is 1. The smallest absolute Gasteiger partial charge is 0.360 e. The molecular formula is C25H20F4N6O2. The molecule has 37 heavy (non-hydrogen) atoms. The van der Waals surface area contributed by atoms with Gasteiger partial charge in [-0.15, -0.1) is 0 Å². The van der Waals surface area contributed by atoms with Crippen molar-refractivity contribution < 1.29 is 27.2 Å². The first-order chi connectivity index (χ1) is 17.6. The number of pyridine rings is 2. The zero-order chi connectivity index (χ0) is 26.2. The van der Waals surface area contributed by atoms with Crippen LogP contribution in [-0.2, 0) is 17.5 Å². The fourth-order valence-electron chi connectivity index (χ4n) is 3.84. The molecular weight excluding hydrogens is 492 g/mol. The van der Waals surface area contributed by atoms with Crippen LogP contribution in [0, 0.1) is 5.82 Å². The van der Waals surface area contributed by atoms with Gasteiger partial charge in [0.05, 0.1) is 52.0 Å². The highest BCUT2D eigenvalue weighted by Crippen LogP contribution is 2.37. The van der Waals surface area contributed by atoms with Crippen molar-refractivity contribution in [2.45, 2.75) is 31.1 Å². The number of anilines is 2. The van der Waals surface area contributed by atoms with Gasteiger partial charge in [-0.3, -0.25) is 19.6 Å². The summed E-state index contributed by atoms with van der Waals surface area (Å²) in [6.45, 7) is 0.0527. The van der Waals surface area contributed by atoms with Crippen molar-refractivity contribution in [3.63, 3.8) is 0 Å². The molecule has 190 valence electrons. The number of nitrogens with zero attached hydrogens (tertiary/aromatic N) is 2. The SMILES string of the molecule is O=C(NC1(C(=O)NCc2ccc(Nc3ccc(F)cc3C(F)(F)F)cn2)CC1)c1cnc2cc[nH]c2c1. The van der Waals surface area contributed by atoms with E-state index >= 15 is 0 Å². The second-order valence-electron chi connectivity index (χ2n) is 8.70. The van der Waals surface area contributed by atoms with Gasteiger partial charge in [0.15, 0.2) is 0 Å². The fraction of sp³-hybridized carbons (Fsp3) is 0.200. The molecule has 1 aromatic carbocycles. The average molecular weight is 512 g/mol. The molecule has 4 aromatic rings. The molecule has 0 radical (unpaired) electrons. The maximum atomic E-state index is 13.3. The Morgan fingerprint density at radius 3 is 2.54 bits per heavy atom. The lowest BCUT2D eigenvalue weighted by atomic mass is 10.1. The van der Waals surface area contributed by atoms with Gasteiger partial charge >= 0.3 is 6.18 Å². The van der Waals surface area contributed by atoms with Crippen molar-refractivity contribution in [3.8, 4) is 0 Å². The third-order valence-electron chi connectivity index (χ3n) is 6.02. The first-order valence-electron chi connectivity index (χ1n) is 11.3. The molecule has 2 amide bonds. The number of benzene rings is 1. The molecule has 0 saturated heterocycles. The molecule has 0 atom stereocenters. The Balaban J connectivity index is 1.18. The lowest BCUT2D eigenvalue weighted by molar-refractivity contribution is -0.137. The average Bonchev–Trinajstić information content (AvgIpc) is 3.49. The molecule has 3 heterocycles. The summed E-state index contributed by atoms with van der Waals surface area (Å²) in [5.41, 5.74) is 0.0115. The van der Waals surface area contributed by atoms with E-state index in [1.54, 1.807) is 18.3 Å². The van der Waals surface area contributed by atoms with E-state index in [9.17, 15) is 27.2 Å². The summed E-state index contributed by atoms with van der Waals surface area (Å²) in [6, 6.07) is 8.82. The van der Waals surface area contributed by atoms with Gasteiger partial charge in [0.2, 0.25) is 5.91 Å². The second kappa shape index (κ2) is 9.19. The summed E-state index contributed by atoms with van der Waals surface area (Å²) in [4.78, 5) is 36.8. The van der Waals surface area contributed by atoms with Crippen molar-refractivity contribution in [2.75, 3.05) is 5.32 Å². The van der Waals surface area contributed by atoms with Crippen LogP contribution in [-0.4, -0.2) is 32.3 Å². The molecule has 0 spiro atoms. The van der Waals surface area contributed by atoms with Crippen molar-refractivity contribution in [1.29, 1.82) is 0 Å². The Bertz CT molecular complexity index is 1480. The molecule has 12 heteroatoms. The topological polar surface area (TPSA) is 112 Å². The van der Waals surface area contributed by atoms with Crippen LogP contribution in [0.5, 0.6) is 0 Å². The molecule has 1 aliphatic rings. The number of fused-ring (bicyclic) bond motifs is 1. The predicted molar refractivity (Wildman–Crippen MR) is 126 cm³/mol. The molecule has 1 fully saturated rings. The Morgan fingerprint density at radius 1 is 1.03 bits per heavy atom. The van der Waals surface area contributed by atoms with Crippen LogP contribution < -0.4 is 16.0 Å². The number of hydrogen-bond donors (Lipinski definition) is 4. The number of aromatic nitrogens is 3. The van der Waals surface area contributed by atoms with Gasteiger partial charge in [-0.25, -0.2) is 4.39 Å². The van der Waals surface area contributed by atoms with Crippen LogP contribution >= 0.6 is 0 Å². The van der Waals surface area contributed by atoms with E-state index in [4.69, 9.17) is 0 Å². The summed E-state index contributed by atoms with van der Waals surface area (Å²) < 4.78 is 52.9. The number of nitrogens with one attached hydrogen (secondary N) is 4. The quantitative estimate of drug-likeness (QED) is 0.274. The molecule has 1 saturated carbocycles. The van der Waals surface area contributed by atoms with Gasteiger partial charge in [-0.1, -0.05) is 0 Å². The molecule has 8 nitrogen and oxygen atoms in total. The van der Waals surface area contributed by atoms with E-state index in [0.717, 1.165) is 17.6 Å². The summed E-state index contributed by atoms with van der Waals surface area (Å²) in [5, 5.41) is 8.11. The minimum Gasteiger partial charge on any atom is -0.360 e. The highest BCUT2D eigenvalue weighted by atomic mass is 19.4. The van der Waals surface area contributed by atoms with Gasteiger partial charge < -0.3 is 20.9 Å². The van der Waals surface area contributed by atoms with E-state index in [1.807, 2.05) is 0 Å². The summed E-state index contributed by atoms with van der Waals surface area (Å²) >= 11 is 0. The minimum absolute atomic E-state index is 0.0527. The van der Waals surface area contributed by atoms with E-state index < -0.39 is 29.0 Å². The van der Waals surface area contributed by atoms with E-state index in [0.29, 0.717) is 35.7 Å². The predicted octanol–water partition coefficient (Wildman–Crippen LogP) is 4.44. The summed E-state index contributed by atoms with van der Waals surface area (Å²) in [5.74, 6) is -1.77. The highest BCUT2D eigenvalue weighted by molar-refractivity contribution is 6.01. The van der Waals surface area contributed by atoms with Crippen LogP contribution in [0.25, 0.3) is 11.0 Å². The zero-order valence-corrected chi connectivity index (χ0v) is 19.1. The number of rotatable bonds is 7. The van der Waals surface area contributed by atoms with Crippen molar-refractivity contribution in [2.24, 2.45) is 0 Å². The summed E-state index contributed by atoms with van der Waals surface area (Å²) in [7, 11) is 0. The van der Waals surface area contributed by atoms with Gasteiger partial charge in [0.1, 0.15) is 11.4 Å². The molecule has 4 N–H and O–H groups in total. The van der Waals surface area contributed by atoms with Crippen LogP contribution in [0.2, 0.25) is 0 Å². The number of carbonyl (C=O) groups excluding carboxylic acids is 2. The molecule has 5 rings (SSSR count).